The van der Waals surface area contributed by atoms with Gasteiger partial charge in [-0.1, -0.05) is 28.9 Å². The van der Waals surface area contributed by atoms with Crippen molar-refractivity contribution in [2.45, 2.75) is 20.3 Å². The molecule has 1 rings (SSSR count). The summed E-state index contributed by atoms with van der Waals surface area (Å²) in [4.78, 5) is 2.21. The molecule has 0 aliphatic heterocycles. The van der Waals surface area contributed by atoms with E-state index >= 15 is 0 Å². The molecule has 0 aliphatic carbocycles. The maximum atomic E-state index is 9.21. The second-order valence-electron chi connectivity index (χ2n) is 4.27. The molecule has 1 aromatic carbocycles. The van der Waals surface area contributed by atoms with E-state index in [1.807, 2.05) is 0 Å². The zero-order valence-corrected chi connectivity index (χ0v) is 11.8. The Hall–Kier alpha value is -0.540. The smallest absolute Gasteiger partial charge is 0.0476 e. The van der Waals surface area contributed by atoms with Gasteiger partial charge in [0.25, 0.3) is 0 Å². The van der Waals surface area contributed by atoms with E-state index in [2.05, 4.69) is 59.9 Å². The standard InChI is InChI=1S/C13H20BrNO/c1-4-11(9-16)8-15(3)13-7-12(14)6-5-10(13)2/h5-7,11,16H,4,8-9H2,1-3H3. The Balaban J connectivity index is 2.79. The molecular weight excluding hydrogens is 266 g/mol. The molecule has 0 aromatic heterocycles. The van der Waals surface area contributed by atoms with E-state index in [0.29, 0.717) is 5.92 Å². The highest BCUT2D eigenvalue weighted by Gasteiger charge is 2.11. The van der Waals surface area contributed by atoms with Crippen LogP contribution in [-0.4, -0.2) is 25.3 Å². The molecule has 0 bridgehead atoms. The maximum Gasteiger partial charge on any atom is 0.0476 e. The van der Waals surface area contributed by atoms with Crippen LogP contribution in [0.4, 0.5) is 5.69 Å². The van der Waals surface area contributed by atoms with E-state index in [1.165, 1.54) is 11.3 Å². The molecule has 2 nitrogen and oxygen atoms in total. The Kier molecular flexibility index (Phi) is 5.29. The summed E-state index contributed by atoms with van der Waals surface area (Å²) in [6.45, 7) is 5.37. The van der Waals surface area contributed by atoms with E-state index in [4.69, 9.17) is 0 Å². The summed E-state index contributed by atoms with van der Waals surface area (Å²) >= 11 is 3.49. The van der Waals surface area contributed by atoms with Crippen molar-refractivity contribution in [1.29, 1.82) is 0 Å². The molecule has 1 atom stereocenters. The number of nitrogens with zero attached hydrogens (tertiary/aromatic N) is 1. The fourth-order valence-corrected chi connectivity index (χ4v) is 2.14. The number of rotatable bonds is 5. The van der Waals surface area contributed by atoms with Gasteiger partial charge in [-0.3, -0.25) is 0 Å². The van der Waals surface area contributed by atoms with Crippen LogP contribution in [-0.2, 0) is 0 Å². The summed E-state index contributed by atoms with van der Waals surface area (Å²) in [5.41, 5.74) is 2.49. The molecule has 3 heteroatoms. The Morgan fingerprint density at radius 1 is 1.44 bits per heavy atom. The second-order valence-corrected chi connectivity index (χ2v) is 5.18. The van der Waals surface area contributed by atoms with Gasteiger partial charge in [-0.15, -0.1) is 0 Å². The summed E-state index contributed by atoms with van der Waals surface area (Å²) in [7, 11) is 2.08. The minimum atomic E-state index is 0.258. The molecule has 0 saturated heterocycles. The van der Waals surface area contributed by atoms with Crippen molar-refractivity contribution in [3.05, 3.63) is 28.2 Å². The molecule has 0 heterocycles. The lowest BCUT2D eigenvalue weighted by Crippen LogP contribution is -2.27. The molecule has 90 valence electrons. The average Bonchev–Trinajstić information content (AvgIpc) is 2.28. The number of hydrogen-bond donors (Lipinski definition) is 1. The first-order valence-corrected chi connectivity index (χ1v) is 6.46. The van der Waals surface area contributed by atoms with Crippen LogP contribution in [0.5, 0.6) is 0 Å². The minimum Gasteiger partial charge on any atom is -0.396 e. The summed E-state index contributed by atoms with van der Waals surface area (Å²) < 4.78 is 1.09. The Morgan fingerprint density at radius 3 is 2.69 bits per heavy atom. The predicted molar refractivity (Wildman–Crippen MR) is 73.0 cm³/mol. The molecule has 0 radical (unpaired) electrons. The molecule has 1 unspecified atom stereocenters. The van der Waals surface area contributed by atoms with Gasteiger partial charge in [-0.25, -0.2) is 0 Å². The predicted octanol–water partition coefficient (Wildman–Crippen LogP) is 3.21. The van der Waals surface area contributed by atoms with Crippen molar-refractivity contribution < 1.29 is 5.11 Å². The van der Waals surface area contributed by atoms with Crippen molar-refractivity contribution in [3.8, 4) is 0 Å². The molecule has 0 amide bonds. The molecule has 0 spiro atoms. The highest BCUT2D eigenvalue weighted by atomic mass is 79.9. The van der Waals surface area contributed by atoms with Gasteiger partial charge in [-0.2, -0.15) is 0 Å². The summed E-state index contributed by atoms with van der Waals surface area (Å²) in [5.74, 6) is 0.350. The fraction of sp³-hybridized carbons (Fsp3) is 0.538. The van der Waals surface area contributed by atoms with Gasteiger partial charge < -0.3 is 10.0 Å². The normalized spacial score (nSPS) is 12.6. The van der Waals surface area contributed by atoms with Gasteiger partial charge in [0.1, 0.15) is 0 Å². The molecule has 16 heavy (non-hydrogen) atoms. The van der Waals surface area contributed by atoms with Crippen LogP contribution in [0.2, 0.25) is 0 Å². The zero-order chi connectivity index (χ0) is 12.1. The number of anilines is 1. The minimum absolute atomic E-state index is 0.258. The van der Waals surface area contributed by atoms with Crippen LogP contribution in [0.15, 0.2) is 22.7 Å². The number of benzene rings is 1. The van der Waals surface area contributed by atoms with E-state index in [9.17, 15) is 5.11 Å². The van der Waals surface area contributed by atoms with Crippen LogP contribution in [0.3, 0.4) is 0 Å². The zero-order valence-electron chi connectivity index (χ0n) is 10.2. The first-order chi connectivity index (χ1) is 7.58. The van der Waals surface area contributed by atoms with Gasteiger partial charge in [-0.05, 0) is 37.0 Å². The molecule has 1 N–H and O–H groups in total. The third kappa shape index (κ3) is 3.49. The van der Waals surface area contributed by atoms with Crippen LogP contribution >= 0.6 is 15.9 Å². The number of aliphatic hydroxyl groups is 1. The van der Waals surface area contributed by atoms with Gasteiger partial charge in [0.2, 0.25) is 0 Å². The van der Waals surface area contributed by atoms with Crippen molar-refractivity contribution in [3.63, 3.8) is 0 Å². The Morgan fingerprint density at radius 2 is 2.12 bits per heavy atom. The molecule has 0 fully saturated rings. The van der Waals surface area contributed by atoms with E-state index in [-0.39, 0.29) is 6.61 Å². The van der Waals surface area contributed by atoms with Gasteiger partial charge in [0, 0.05) is 30.4 Å². The summed E-state index contributed by atoms with van der Waals surface area (Å²) in [6, 6.07) is 6.28. The molecular formula is C13H20BrNO. The monoisotopic (exact) mass is 285 g/mol. The highest BCUT2D eigenvalue weighted by Crippen LogP contribution is 2.24. The average molecular weight is 286 g/mol. The van der Waals surface area contributed by atoms with Crippen molar-refractivity contribution in [2.75, 3.05) is 25.1 Å². The summed E-state index contributed by atoms with van der Waals surface area (Å²) in [6.07, 6.45) is 1.01. The third-order valence-electron chi connectivity index (χ3n) is 2.95. The number of halogens is 1. The van der Waals surface area contributed by atoms with Crippen molar-refractivity contribution in [1.82, 2.24) is 0 Å². The van der Waals surface area contributed by atoms with Crippen molar-refractivity contribution in [2.24, 2.45) is 5.92 Å². The maximum absolute atomic E-state index is 9.21. The third-order valence-corrected chi connectivity index (χ3v) is 3.44. The first kappa shape index (κ1) is 13.5. The van der Waals surface area contributed by atoms with E-state index in [0.717, 1.165) is 17.4 Å². The lowest BCUT2D eigenvalue weighted by molar-refractivity contribution is 0.225. The van der Waals surface area contributed by atoms with E-state index < -0.39 is 0 Å². The molecule has 1 aromatic rings. The number of hydrogen-bond acceptors (Lipinski definition) is 2. The van der Waals surface area contributed by atoms with Gasteiger partial charge in [0.15, 0.2) is 0 Å². The van der Waals surface area contributed by atoms with Crippen LogP contribution in [0.25, 0.3) is 0 Å². The Bertz CT molecular complexity index is 337. The second kappa shape index (κ2) is 6.26. The molecule has 0 aliphatic rings. The van der Waals surface area contributed by atoms with Crippen LogP contribution in [0, 0.1) is 12.8 Å². The van der Waals surface area contributed by atoms with Gasteiger partial charge in [0.05, 0.1) is 0 Å². The number of aryl methyl sites for hydroxylation is 1. The number of aliphatic hydroxyl groups excluding tert-OH is 1. The van der Waals surface area contributed by atoms with E-state index in [1.54, 1.807) is 0 Å². The SMILES string of the molecule is CCC(CO)CN(C)c1cc(Br)ccc1C. The largest absolute Gasteiger partial charge is 0.396 e. The molecule has 0 saturated carbocycles. The van der Waals surface area contributed by atoms with Crippen LogP contribution < -0.4 is 4.90 Å². The first-order valence-electron chi connectivity index (χ1n) is 5.66. The fourth-order valence-electron chi connectivity index (χ4n) is 1.80. The quantitative estimate of drug-likeness (QED) is 0.898. The Labute approximate surface area is 106 Å². The van der Waals surface area contributed by atoms with Gasteiger partial charge >= 0.3 is 0 Å². The highest BCUT2D eigenvalue weighted by molar-refractivity contribution is 9.10. The van der Waals surface area contributed by atoms with Crippen LogP contribution in [0.1, 0.15) is 18.9 Å². The lowest BCUT2D eigenvalue weighted by Gasteiger charge is -2.25. The lowest BCUT2D eigenvalue weighted by atomic mass is 10.1. The summed E-state index contributed by atoms with van der Waals surface area (Å²) in [5, 5.41) is 9.21. The topological polar surface area (TPSA) is 23.5 Å². The van der Waals surface area contributed by atoms with Crippen molar-refractivity contribution >= 4 is 21.6 Å².